The molecule has 37 heavy (non-hydrogen) atoms. The third-order valence-electron chi connectivity index (χ3n) is 7.40. The number of rotatable bonds is 12. The highest BCUT2D eigenvalue weighted by Crippen LogP contribution is 2.68. The van der Waals surface area contributed by atoms with Crippen molar-refractivity contribution >= 4 is 62.8 Å². The smallest absolute Gasteiger partial charge is 0.310 e. The molecule has 3 heterocycles. The van der Waals surface area contributed by atoms with Crippen LogP contribution in [0.15, 0.2) is 49.6 Å². The Balaban J connectivity index is 1.66. The van der Waals surface area contributed by atoms with Crippen LogP contribution in [0.4, 0.5) is 5.69 Å². The number of thioether (sulfide) groups is 1. The monoisotopic (exact) mass is 610 g/mol. The van der Waals surface area contributed by atoms with Crippen LogP contribution in [0.2, 0.25) is 5.02 Å². The van der Waals surface area contributed by atoms with Crippen LogP contribution in [0.25, 0.3) is 0 Å². The van der Waals surface area contributed by atoms with E-state index in [-0.39, 0.29) is 48.2 Å². The number of likely N-dealkylation sites (tertiary alicyclic amines) is 1. The molecular weight excluding hydrogens is 580 g/mol. The number of fused-ring (bicyclic) bond motifs is 1. The first-order valence-electron chi connectivity index (χ1n) is 12.5. The van der Waals surface area contributed by atoms with E-state index in [1.165, 1.54) is 4.90 Å². The minimum Gasteiger partial charge on any atom is -0.465 e. The number of β-amino-alcohol motifs (C(OH)–C–C–N with tert-alkyl or cyclic N) is 1. The van der Waals surface area contributed by atoms with Crippen molar-refractivity contribution in [1.82, 2.24) is 4.90 Å². The molecule has 3 aliphatic heterocycles. The van der Waals surface area contributed by atoms with E-state index in [0.717, 1.165) is 19.3 Å². The number of ether oxygens (including phenoxy) is 1. The quantitative estimate of drug-likeness (QED) is 0.165. The summed E-state index contributed by atoms with van der Waals surface area (Å²) in [5.41, 5.74) is 0.633. The number of benzene rings is 1. The number of aliphatic hydroxyl groups is 1. The Hall–Kier alpha value is -1.81. The number of halogens is 2. The second-order valence-electron chi connectivity index (χ2n) is 9.58. The lowest BCUT2D eigenvalue weighted by Gasteiger charge is -2.37. The van der Waals surface area contributed by atoms with Crippen molar-refractivity contribution in [3.8, 4) is 0 Å². The molecule has 2 amide bonds. The number of carbonyl (C=O) groups excluding carboxylic acids is 3. The van der Waals surface area contributed by atoms with Gasteiger partial charge in [0, 0.05) is 33.9 Å². The molecule has 3 aliphatic rings. The van der Waals surface area contributed by atoms with Gasteiger partial charge in [-0.25, -0.2) is 0 Å². The predicted octanol–water partition coefficient (Wildman–Crippen LogP) is 4.22. The largest absolute Gasteiger partial charge is 0.465 e. The van der Waals surface area contributed by atoms with E-state index < -0.39 is 28.6 Å². The maximum atomic E-state index is 14.2. The van der Waals surface area contributed by atoms with Gasteiger partial charge in [0.1, 0.15) is 6.04 Å². The average molecular weight is 612 g/mol. The van der Waals surface area contributed by atoms with E-state index in [4.69, 9.17) is 16.3 Å². The van der Waals surface area contributed by atoms with Crippen LogP contribution in [-0.4, -0.2) is 75.0 Å². The number of alkyl halides is 1. The zero-order chi connectivity index (χ0) is 26.7. The summed E-state index contributed by atoms with van der Waals surface area (Å²) in [6, 6.07) is 6.08. The number of esters is 1. The lowest BCUT2D eigenvalue weighted by atomic mass is 9.71. The van der Waals surface area contributed by atoms with Gasteiger partial charge in [0.25, 0.3) is 5.91 Å². The maximum absolute atomic E-state index is 14.2. The molecule has 0 aliphatic carbocycles. The van der Waals surface area contributed by atoms with E-state index in [1.54, 1.807) is 47.0 Å². The average Bonchev–Trinajstić information content (AvgIpc) is 3.46. The second kappa shape index (κ2) is 11.9. The standard InChI is InChI=1S/C27H32BrClN2O5S/c1-3-5-6-7-15-36-26(35)20-21-24(33)31(13-14-32)23(27(21)16-19(28)22(20)37-27)25(34)30(12-4-2)18-10-8-17(29)9-11-18/h3-4,8-11,19-23,32H,1-2,5-7,12-16H2/t19?,20-,21-,22-,23?,27?/m0/s1. The summed E-state index contributed by atoms with van der Waals surface area (Å²) in [5, 5.41) is 10.2. The van der Waals surface area contributed by atoms with Crippen LogP contribution in [0.1, 0.15) is 25.7 Å². The van der Waals surface area contributed by atoms with Gasteiger partial charge in [-0.15, -0.1) is 24.9 Å². The number of unbranched alkanes of at least 4 members (excludes halogenated alkanes) is 2. The van der Waals surface area contributed by atoms with Crippen molar-refractivity contribution in [2.45, 2.75) is 46.5 Å². The number of hydrogen-bond donors (Lipinski definition) is 1. The minimum absolute atomic E-state index is 0.0114. The number of amides is 2. The van der Waals surface area contributed by atoms with Crippen LogP contribution in [-0.2, 0) is 19.1 Å². The zero-order valence-electron chi connectivity index (χ0n) is 20.6. The van der Waals surface area contributed by atoms with Crippen LogP contribution < -0.4 is 4.90 Å². The summed E-state index contributed by atoms with van der Waals surface area (Å²) in [6.07, 6.45) is 6.46. The lowest BCUT2D eigenvalue weighted by molar-refractivity contribution is -0.154. The number of nitrogens with zero attached hydrogens (tertiary/aromatic N) is 2. The molecule has 4 rings (SSSR count). The van der Waals surface area contributed by atoms with Gasteiger partial charge in [0.2, 0.25) is 5.91 Å². The van der Waals surface area contributed by atoms with E-state index in [0.29, 0.717) is 17.1 Å². The van der Waals surface area contributed by atoms with Gasteiger partial charge < -0.3 is 19.6 Å². The highest BCUT2D eigenvalue weighted by molar-refractivity contribution is 9.09. The molecular formula is C27H32BrClN2O5S. The SMILES string of the molecule is C=CCCCCOC(=O)[C@H]1[C@H]2C(=O)N(CCO)C(C(=O)N(CC=C)c3ccc(Cl)cc3)C23CC(Br)[C@@H]1S3. The Morgan fingerprint density at radius 2 is 2.00 bits per heavy atom. The fourth-order valence-corrected chi connectivity index (χ4v) is 9.63. The van der Waals surface area contributed by atoms with E-state index in [2.05, 4.69) is 29.1 Å². The third-order valence-corrected chi connectivity index (χ3v) is 10.9. The number of carbonyl (C=O) groups is 3. The summed E-state index contributed by atoms with van der Waals surface area (Å²) in [7, 11) is 0. The van der Waals surface area contributed by atoms with Crippen LogP contribution in [0, 0.1) is 11.8 Å². The summed E-state index contributed by atoms with van der Waals surface area (Å²) >= 11 is 11.4. The molecule has 3 saturated heterocycles. The topological polar surface area (TPSA) is 87.1 Å². The summed E-state index contributed by atoms with van der Waals surface area (Å²) in [6.45, 7) is 7.76. The van der Waals surface area contributed by atoms with Crippen LogP contribution >= 0.6 is 39.3 Å². The first-order valence-corrected chi connectivity index (χ1v) is 14.7. The van der Waals surface area contributed by atoms with Gasteiger partial charge in [-0.3, -0.25) is 14.4 Å². The maximum Gasteiger partial charge on any atom is 0.310 e. The van der Waals surface area contributed by atoms with Gasteiger partial charge in [0.05, 0.1) is 29.8 Å². The first kappa shape index (κ1) is 28.2. The van der Waals surface area contributed by atoms with Crippen LogP contribution in [0.5, 0.6) is 0 Å². The van der Waals surface area contributed by atoms with Gasteiger partial charge in [-0.05, 0) is 49.9 Å². The molecule has 0 aromatic heterocycles. The molecule has 2 bridgehead atoms. The normalized spacial score (nSPS) is 29.8. The van der Waals surface area contributed by atoms with Crippen molar-refractivity contribution in [2.24, 2.45) is 11.8 Å². The Labute approximate surface area is 235 Å². The number of hydrogen-bond acceptors (Lipinski definition) is 6. The van der Waals surface area contributed by atoms with Gasteiger partial charge in [-0.2, -0.15) is 0 Å². The van der Waals surface area contributed by atoms with Crippen molar-refractivity contribution in [1.29, 1.82) is 0 Å². The molecule has 6 atom stereocenters. The summed E-state index contributed by atoms with van der Waals surface area (Å²) in [5.74, 6) is -2.27. The Bertz CT molecular complexity index is 1060. The van der Waals surface area contributed by atoms with Crippen molar-refractivity contribution in [2.75, 3.05) is 31.2 Å². The molecule has 1 spiro atoms. The molecule has 1 aromatic carbocycles. The van der Waals surface area contributed by atoms with Gasteiger partial charge in [-0.1, -0.05) is 39.7 Å². The van der Waals surface area contributed by atoms with E-state index in [1.807, 2.05) is 6.08 Å². The van der Waals surface area contributed by atoms with Gasteiger partial charge in [0.15, 0.2) is 0 Å². The molecule has 200 valence electrons. The van der Waals surface area contributed by atoms with Crippen LogP contribution in [0.3, 0.4) is 0 Å². The molecule has 1 aromatic rings. The van der Waals surface area contributed by atoms with Gasteiger partial charge >= 0.3 is 5.97 Å². The van der Waals surface area contributed by atoms with Crippen molar-refractivity contribution in [3.63, 3.8) is 0 Å². The fourth-order valence-electron chi connectivity index (χ4n) is 5.91. The molecule has 3 unspecified atom stereocenters. The first-order chi connectivity index (χ1) is 17.8. The molecule has 0 saturated carbocycles. The number of aliphatic hydroxyl groups excluding tert-OH is 1. The molecule has 0 radical (unpaired) electrons. The minimum atomic E-state index is -0.840. The Kier molecular flexibility index (Phi) is 9.09. The number of anilines is 1. The summed E-state index contributed by atoms with van der Waals surface area (Å²) < 4.78 is 4.83. The third kappa shape index (κ3) is 5.12. The Morgan fingerprint density at radius 3 is 2.65 bits per heavy atom. The fraction of sp³-hybridized carbons (Fsp3) is 0.519. The molecule has 10 heteroatoms. The summed E-state index contributed by atoms with van der Waals surface area (Å²) in [4.78, 5) is 44.4. The zero-order valence-corrected chi connectivity index (χ0v) is 23.7. The second-order valence-corrected chi connectivity index (χ2v) is 12.7. The number of allylic oxidation sites excluding steroid dienone is 1. The predicted molar refractivity (Wildman–Crippen MR) is 150 cm³/mol. The Morgan fingerprint density at radius 1 is 1.27 bits per heavy atom. The van der Waals surface area contributed by atoms with E-state index >= 15 is 0 Å². The molecule has 3 fully saturated rings. The van der Waals surface area contributed by atoms with Crippen molar-refractivity contribution < 1.29 is 24.2 Å². The van der Waals surface area contributed by atoms with Crippen molar-refractivity contribution in [3.05, 3.63) is 54.6 Å². The molecule has 1 N–H and O–H groups in total. The highest BCUT2D eigenvalue weighted by Gasteiger charge is 2.76. The lowest BCUT2D eigenvalue weighted by Crippen LogP contribution is -2.56. The van der Waals surface area contributed by atoms with E-state index in [9.17, 15) is 19.5 Å². The highest BCUT2D eigenvalue weighted by atomic mass is 79.9. The molecule has 7 nitrogen and oxygen atoms in total.